The van der Waals surface area contributed by atoms with Crippen LogP contribution in [0, 0.1) is 10.1 Å². The van der Waals surface area contributed by atoms with E-state index in [1.54, 1.807) is 12.1 Å². The van der Waals surface area contributed by atoms with Gasteiger partial charge < -0.3 is 11.1 Å². The number of hydrogen-bond acceptors (Lipinski definition) is 5. The van der Waals surface area contributed by atoms with E-state index in [0.29, 0.717) is 0 Å². The van der Waals surface area contributed by atoms with Crippen LogP contribution in [-0.2, 0) is 6.42 Å². The Kier molecular flexibility index (Phi) is 4.84. The lowest BCUT2D eigenvalue weighted by Gasteiger charge is -2.29. The van der Waals surface area contributed by atoms with Crippen LogP contribution in [0.15, 0.2) is 24.3 Å². The molecule has 1 atom stereocenters. The van der Waals surface area contributed by atoms with Gasteiger partial charge in [0.25, 0.3) is 5.69 Å². The highest BCUT2D eigenvalue weighted by atomic mass is 16.6. The molecule has 1 saturated heterocycles. The van der Waals surface area contributed by atoms with Gasteiger partial charge in [-0.25, -0.2) is 0 Å². The van der Waals surface area contributed by atoms with Gasteiger partial charge in [-0.15, -0.1) is 0 Å². The molecule has 0 aliphatic carbocycles. The van der Waals surface area contributed by atoms with Gasteiger partial charge in [-0.1, -0.05) is 12.1 Å². The standard InChI is InChI=1S/C13H20N4O2/c14-12(10-16-7-5-15-6-8-16)9-11-1-3-13(4-2-11)17(18)19/h1-4,12,15H,5-10,14H2. The first-order valence-corrected chi connectivity index (χ1v) is 6.57. The molecule has 3 N–H and O–H groups in total. The summed E-state index contributed by atoms with van der Waals surface area (Å²) >= 11 is 0. The molecule has 0 bridgehead atoms. The predicted octanol–water partition coefficient (Wildman–Crippen LogP) is 0.370. The van der Waals surface area contributed by atoms with Gasteiger partial charge in [0.15, 0.2) is 0 Å². The lowest BCUT2D eigenvalue weighted by Crippen LogP contribution is -2.48. The molecule has 19 heavy (non-hydrogen) atoms. The normalized spacial score (nSPS) is 18.2. The van der Waals surface area contributed by atoms with Crippen molar-refractivity contribution in [3.05, 3.63) is 39.9 Å². The number of hydrogen-bond donors (Lipinski definition) is 2. The highest BCUT2D eigenvalue weighted by Crippen LogP contribution is 2.13. The fourth-order valence-corrected chi connectivity index (χ4v) is 2.35. The molecule has 1 aliphatic heterocycles. The van der Waals surface area contributed by atoms with Crippen molar-refractivity contribution in [2.24, 2.45) is 5.73 Å². The topological polar surface area (TPSA) is 84.4 Å². The van der Waals surface area contributed by atoms with Gasteiger partial charge in [0, 0.05) is 50.9 Å². The minimum absolute atomic E-state index is 0.0690. The molecule has 1 heterocycles. The molecule has 1 unspecified atom stereocenters. The minimum Gasteiger partial charge on any atom is -0.326 e. The van der Waals surface area contributed by atoms with E-state index in [1.807, 2.05) is 0 Å². The second kappa shape index (κ2) is 6.60. The van der Waals surface area contributed by atoms with Crippen molar-refractivity contribution < 1.29 is 4.92 Å². The SMILES string of the molecule is NC(Cc1ccc([N+](=O)[O-])cc1)CN1CCNCC1. The summed E-state index contributed by atoms with van der Waals surface area (Å²) in [6, 6.07) is 6.71. The van der Waals surface area contributed by atoms with E-state index in [-0.39, 0.29) is 16.7 Å². The Labute approximate surface area is 112 Å². The molecule has 0 amide bonds. The molecule has 0 aromatic heterocycles. The van der Waals surface area contributed by atoms with Crippen LogP contribution in [-0.4, -0.2) is 48.6 Å². The number of nitro groups is 1. The van der Waals surface area contributed by atoms with Crippen LogP contribution in [0.2, 0.25) is 0 Å². The van der Waals surface area contributed by atoms with Crippen molar-refractivity contribution in [1.29, 1.82) is 0 Å². The van der Waals surface area contributed by atoms with Gasteiger partial charge >= 0.3 is 0 Å². The van der Waals surface area contributed by atoms with Gasteiger partial charge in [-0.2, -0.15) is 0 Å². The first-order chi connectivity index (χ1) is 9.15. The monoisotopic (exact) mass is 264 g/mol. The molecule has 2 rings (SSSR count). The maximum atomic E-state index is 10.6. The number of non-ortho nitro benzene ring substituents is 1. The zero-order valence-corrected chi connectivity index (χ0v) is 10.9. The molecule has 6 heteroatoms. The Balaban J connectivity index is 1.83. The first-order valence-electron chi connectivity index (χ1n) is 6.57. The average molecular weight is 264 g/mol. The third kappa shape index (κ3) is 4.27. The van der Waals surface area contributed by atoms with Crippen molar-refractivity contribution in [3.63, 3.8) is 0 Å². The van der Waals surface area contributed by atoms with Crippen LogP contribution in [0.5, 0.6) is 0 Å². The number of benzene rings is 1. The van der Waals surface area contributed by atoms with Crippen molar-refractivity contribution in [1.82, 2.24) is 10.2 Å². The summed E-state index contributed by atoms with van der Waals surface area (Å²) in [6.07, 6.45) is 0.752. The molecular formula is C13H20N4O2. The quantitative estimate of drug-likeness (QED) is 0.593. The second-order valence-corrected chi connectivity index (χ2v) is 4.94. The number of rotatable bonds is 5. The number of nitrogens with zero attached hydrogens (tertiary/aromatic N) is 2. The molecule has 1 aliphatic rings. The van der Waals surface area contributed by atoms with Crippen LogP contribution in [0.4, 0.5) is 5.69 Å². The van der Waals surface area contributed by atoms with Crippen molar-refractivity contribution in [3.8, 4) is 0 Å². The van der Waals surface area contributed by atoms with E-state index in [1.165, 1.54) is 12.1 Å². The maximum absolute atomic E-state index is 10.6. The third-order valence-electron chi connectivity index (χ3n) is 3.35. The third-order valence-corrected chi connectivity index (χ3v) is 3.35. The van der Waals surface area contributed by atoms with E-state index in [9.17, 15) is 10.1 Å². The predicted molar refractivity (Wildman–Crippen MR) is 74.1 cm³/mol. The van der Waals surface area contributed by atoms with E-state index in [2.05, 4.69) is 10.2 Å². The molecule has 0 spiro atoms. The lowest BCUT2D eigenvalue weighted by molar-refractivity contribution is -0.384. The van der Waals surface area contributed by atoms with Crippen LogP contribution in [0.25, 0.3) is 0 Å². The molecule has 0 saturated carbocycles. The summed E-state index contributed by atoms with van der Waals surface area (Å²) in [6.45, 7) is 4.98. The Bertz CT molecular complexity index is 415. The summed E-state index contributed by atoms with van der Waals surface area (Å²) < 4.78 is 0. The van der Waals surface area contributed by atoms with Gasteiger partial charge in [0.2, 0.25) is 0 Å². The molecule has 6 nitrogen and oxygen atoms in total. The van der Waals surface area contributed by atoms with E-state index < -0.39 is 0 Å². The zero-order chi connectivity index (χ0) is 13.7. The molecule has 1 fully saturated rings. The highest BCUT2D eigenvalue weighted by molar-refractivity contribution is 5.33. The van der Waals surface area contributed by atoms with Gasteiger partial charge in [0.05, 0.1) is 4.92 Å². The number of nitro benzene ring substituents is 1. The van der Waals surface area contributed by atoms with Crippen LogP contribution >= 0.6 is 0 Å². The Morgan fingerprint density at radius 1 is 1.32 bits per heavy atom. The number of piperazine rings is 1. The van der Waals surface area contributed by atoms with Crippen LogP contribution in [0.3, 0.4) is 0 Å². The Morgan fingerprint density at radius 2 is 1.95 bits per heavy atom. The fraction of sp³-hybridized carbons (Fsp3) is 0.538. The molecule has 0 radical (unpaired) electrons. The largest absolute Gasteiger partial charge is 0.326 e. The van der Waals surface area contributed by atoms with Gasteiger partial charge in [0.1, 0.15) is 0 Å². The lowest BCUT2D eigenvalue weighted by atomic mass is 10.1. The minimum atomic E-state index is -0.384. The second-order valence-electron chi connectivity index (χ2n) is 4.94. The summed E-state index contributed by atoms with van der Waals surface area (Å²) in [5.41, 5.74) is 7.31. The van der Waals surface area contributed by atoms with Gasteiger partial charge in [-0.05, 0) is 12.0 Å². The van der Waals surface area contributed by atoms with E-state index >= 15 is 0 Å². The highest BCUT2D eigenvalue weighted by Gasteiger charge is 2.14. The first kappa shape index (κ1) is 13.9. The fourth-order valence-electron chi connectivity index (χ4n) is 2.35. The van der Waals surface area contributed by atoms with Crippen LogP contribution < -0.4 is 11.1 Å². The summed E-state index contributed by atoms with van der Waals surface area (Å²) in [5.74, 6) is 0. The molecular weight excluding hydrogens is 244 g/mol. The van der Waals surface area contributed by atoms with Crippen LogP contribution in [0.1, 0.15) is 5.56 Å². The Hall–Kier alpha value is -1.50. The summed E-state index contributed by atoms with van der Waals surface area (Å²) in [4.78, 5) is 12.5. The van der Waals surface area contributed by atoms with E-state index in [0.717, 1.165) is 44.7 Å². The summed E-state index contributed by atoms with van der Waals surface area (Å²) in [7, 11) is 0. The summed E-state index contributed by atoms with van der Waals surface area (Å²) in [5, 5.41) is 13.9. The van der Waals surface area contributed by atoms with Gasteiger partial charge in [-0.3, -0.25) is 15.0 Å². The number of nitrogens with two attached hydrogens (primary N) is 1. The molecule has 1 aromatic carbocycles. The number of nitrogens with one attached hydrogen (secondary N) is 1. The van der Waals surface area contributed by atoms with Crippen molar-refractivity contribution in [2.45, 2.75) is 12.5 Å². The zero-order valence-electron chi connectivity index (χ0n) is 10.9. The molecule has 104 valence electrons. The van der Waals surface area contributed by atoms with E-state index in [4.69, 9.17) is 5.73 Å². The Morgan fingerprint density at radius 3 is 2.53 bits per heavy atom. The smallest absolute Gasteiger partial charge is 0.269 e. The molecule has 1 aromatic rings. The maximum Gasteiger partial charge on any atom is 0.269 e. The van der Waals surface area contributed by atoms with Crippen molar-refractivity contribution in [2.75, 3.05) is 32.7 Å². The van der Waals surface area contributed by atoms with Crippen molar-refractivity contribution >= 4 is 5.69 Å². The average Bonchev–Trinajstić information content (AvgIpc) is 2.40.